The first-order valence-corrected chi connectivity index (χ1v) is 4.96. The van der Waals surface area contributed by atoms with Gasteiger partial charge in [-0.1, -0.05) is 19.8 Å². The van der Waals surface area contributed by atoms with Crippen molar-refractivity contribution in [2.24, 2.45) is 5.92 Å². The van der Waals surface area contributed by atoms with E-state index in [1.165, 1.54) is 0 Å². The van der Waals surface area contributed by atoms with Crippen molar-refractivity contribution < 1.29 is 15.0 Å². The molecule has 2 N–H and O–H groups in total. The van der Waals surface area contributed by atoms with Crippen LogP contribution in [0.15, 0.2) is 0 Å². The molecule has 3 nitrogen and oxygen atoms in total. The van der Waals surface area contributed by atoms with Crippen LogP contribution in [0, 0.1) is 5.92 Å². The van der Waals surface area contributed by atoms with E-state index in [1.54, 1.807) is 0 Å². The van der Waals surface area contributed by atoms with Crippen molar-refractivity contribution in [3.63, 3.8) is 0 Å². The molecule has 0 aromatic carbocycles. The van der Waals surface area contributed by atoms with Crippen LogP contribution in [0.1, 0.15) is 45.4 Å². The number of aliphatic carboxylic acids is 1. The van der Waals surface area contributed by atoms with Gasteiger partial charge in [-0.2, -0.15) is 0 Å². The van der Waals surface area contributed by atoms with Crippen molar-refractivity contribution in [1.29, 1.82) is 0 Å². The van der Waals surface area contributed by atoms with Gasteiger partial charge in [-0.25, -0.2) is 0 Å². The maximum Gasteiger partial charge on any atom is 0.303 e. The zero-order valence-corrected chi connectivity index (χ0v) is 8.12. The zero-order chi connectivity index (χ0) is 9.90. The Balaban J connectivity index is 2.39. The normalized spacial score (nSPS) is 34.5. The van der Waals surface area contributed by atoms with Crippen molar-refractivity contribution in [1.82, 2.24) is 0 Å². The number of aliphatic hydroxyl groups is 1. The fraction of sp³-hybridized carbons (Fsp3) is 0.900. The molecule has 76 valence electrons. The van der Waals surface area contributed by atoms with E-state index in [0.29, 0.717) is 12.3 Å². The molecule has 0 bridgehead atoms. The molecule has 1 aliphatic carbocycles. The fourth-order valence-electron chi connectivity index (χ4n) is 2.20. The fourth-order valence-corrected chi connectivity index (χ4v) is 2.20. The van der Waals surface area contributed by atoms with Gasteiger partial charge in [0.25, 0.3) is 0 Å². The zero-order valence-electron chi connectivity index (χ0n) is 8.12. The molecule has 3 heteroatoms. The number of hydrogen-bond acceptors (Lipinski definition) is 2. The molecule has 0 radical (unpaired) electrons. The predicted octanol–water partition coefficient (Wildman–Crippen LogP) is 1.79. The van der Waals surface area contributed by atoms with Crippen LogP contribution >= 0.6 is 0 Å². The van der Waals surface area contributed by atoms with Crippen molar-refractivity contribution in [2.75, 3.05) is 0 Å². The summed E-state index contributed by atoms with van der Waals surface area (Å²) in [5, 5.41) is 18.5. The maximum atomic E-state index is 10.4. The van der Waals surface area contributed by atoms with E-state index in [0.717, 1.165) is 25.7 Å². The maximum absolute atomic E-state index is 10.4. The minimum atomic E-state index is -0.813. The van der Waals surface area contributed by atoms with Crippen LogP contribution in [0.3, 0.4) is 0 Å². The number of hydrogen-bond donors (Lipinski definition) is 2. The molecular formula is C10H18O3. The summed E-state index contributed by atoms with van der Waals surface area (Å²) in [5.74, 6) is -0.279. The van der Waals surface area contributed by atoms with Crippen molar-refractivity contribution in [2.45, 2.75) is 51.0 Å². The van der Waals surface area contributed by atoms with Crippen molar-refractivity contribution in [3.8, 4) is 0 Å². The Morgan fingerprint density at radius 1 is 1.62 bits per heavy atom. The standard InChI is InChI=1S/C10H18O3/c1-8-3-2-5-10(13,7-8)6-4-9(11)12/h8,13H,2-7H2,1H3,(H,11,12). The molecule has 1 aliphatic rings. The van der Waals surface area contributed by atoms with Gasteiger partial charge in [-0.05, 0) is 25.2 Å². The number of carbonyl (C=O) groups is 1. The third-order valence-electron chi connectivity index (χ3n) is 2.87. The SMILES string of the molecule is CC1CCCC(O)(CCC(=O)O)C1. The largest absolute Gasteiger partial charge is 0.481 e. The first-order valence-electron chi connectivity index (χ1n) is 4.96. The Kier molecular flexibility index (Phi) is 3.31. The van der Waals surface area contributed by atoms with E-state index < -0.39 is 11.6 Å². The lowest BCUT2D eigenvalue weighted by molar-refractivity contribution is -0.139. The molecule has 2 unspecified atom stereocenters. The van der Waals surface area contributed by atoms with E-state index in [1.807, 2.05) is 0 Å². The molecule has 0 amide bonds. The van der Waals surface area contributed by atoms with Gasteiger partial charge in [0.15, 0.2) is 0 Å². The second-order valence-corrected chi connectivity index (χ2v) is 4.32. The average Bonchev–Trinajstić information content (AvgIpc) is 2.01. The van der Waals surface area contributed by atoms with Crippen LogP contribution in [-0.2, 0) is 4.79 Å². The van der Waals surface area contributed by atoms with Crippen LogP contribution in [0.25, 0.3) is 0 Å². The van der Waals surface area contributed by atoms with E-state index in [-0.39, 0.29) is 6.42 Å². The van der Waals surface area contributed by atoms with Crippen molar-refractivity contribution in [3.05, 3.63) is 0 Å². The Hall–Kier alpha value is -0.570. The highest BCUT2D eigenvalue weighted by molar-refractivity contribution is 5.66. The van der Waals surface area contributed by atoms with Gasteiger partial charge in [0.2, 0.25) is 0 Å². The first-order chi connectivity index (χ1) is 6.02. The summed E-state index contributed by atoms with van der Waals surface area (Å²) in [5.41, 5.74) is -0.698. The van der Waals surface area contributed by atoms with Gasteiger partial charge in [0.1, 0.15) is 0 Å². The first kappa shape index (κ1) is 10.5. The Bertz CT molecular complexity index is 191. The van der Waals surface area contributed by atoms with Crippen LogP contribution in [0.2, 0.25) is 0 Å². The molecule has 0 heterocycles. The monoisotopic (exact) mass is 186 g/mol. The molecule has 1 fully saturated rings. The Labute approximate surface area is 78.8 Å². The summed E-state index contributed by atoms with van der Waals surface area (Å²) in [6.07, 6.45) is 4.22. The molecular weight excluding hydrogens is 168 g/mol. The number of carboxylic acids is 1. The molecule has 2 atom stereocenters. The van der Waals surface area contributed by atoms with E-state index in [2.05, 4.69) is 6.92 Å². The van der Waals surface area contributed by atoms with Crippen LogP contribution in [0.5, 0.6) is 0 Å². The molecule has 0 spiro atoms. The highest BCUT2D eigenvalue weighted by Gasteiger charge is 2.32. The lowest BCUT2D eigenvalue weighted by Crippen LogP contribution is -2.35. The van der Waals surface area contributed by atoms with Gasteiger partial charge >= 0.3 is 5.97 Å². The molecule has 13 heavy (non-hydrogen) atoms. The summed E-state index contributed by atoms with van der Waals surface area (Å²) in [7, 11) is 0. The Morgan fingerprint density at radius 2 is 2.31 bits per heavy atom. The summed E-state index contributed by atoms with van der Waals surface area (Å²) >= 11 is 0. The highest BCUT2D eigenvalue weighted by atomic mass is 16.4. The van der Waals surface area contributed by atoms with Crippen LogP contribution in [-0.4, -0.2) is 21.8 Å². The molecule has 0 saturated heterocycles. The topological polar surface area (TPSA) is 57.5 Å². The molecule has 0 aliphatic heterocycles. The molecule has 1 saturated carbocycles. The molecule has 0 aromatic rings. The average molecular weight is 186 g/mol. The van der Waals surface area contributed by atoms with Gasteiger partial charge in [0.05, 0.1) is 5.60 Å². The summed E-state index contributed by atoms with van der Waals surface area (Å²) in [6.45, 7) is 2.12. The molecule has 0 aromatic heterocycles. The van der Waals surface area contributed by atoms with Gasteiger partial charge < -0.3 is 10.2 Å². The quantitative estimate of drug-likeness (QED) is 0.706. The summed E-state index contributed by atoms with van der Waals surface area (Å²) in [6, 6.07) is 0. The van der Waals surface area contributed by atoms with E-state index in [4.69, 9.17) is 5.11 Å². The second kappa shape index (κ2) is 4.09. The third-order valence-corrected chi connectivity index (χ3v) is 2.87. The smallest absolute Gasteiger partial charge is 0.303 e. The van der Waals surface area contributed by atoms with Gasteiger partial charge in [-0.3, -0.25) is 4.79 Å². The van der Waals surface area contributed by atoms with E-state index in [9.17, 15) is 9.90 Å². The highest BCUT2D eigenvalue weighted by Crippen LogP contribution is 2.35. The minimum absolute atomic E-state index is 0.0865. The van der Waals surface area contributed by atoms with Crippen LogP contribution in [0.4, 0.5) is 0 Å². The lowest BCUT2D eigenvalue weighted by Gasteiger charge is -2.35. The number of rotatable bonds is 3. The summed E-state index contributed by atoms with van der Waals surface area (Å²) < 4.78 is 0. The lowest BCUT2D eigenvalue weighted by atomic mass is 9.76. The predicted molar refractivity (Wildman–Crippen MR) is 49.5 cm³/mol. The molecule has 1 rings (SSSR count). The van der Waals surface area contributed by atoms with Gasteiger partial charge in [0, 0.05) is 6.42 Å². The second-order valence-electron chi connectivity index (χ2n) is 4.32. The minimum Gasteiger partial charge on any atom is -0.481 e. The third kappa shape index (κ3) is 3.35. The van der Waals surface area contributed by atoms with Gasteiger partial charge in [-0.15, -0.1) is 0 Å². The van der Waals surface area contributed by atoms with Crippen LogP contribution < -0.4 is 0 Å². The Morgan fingerprint density at radius 3 is 2.85 bits per heavy atom. The van der Waals surface area contributed by atoms with Crippen molar-refractivity contribution >= 4 is 5.97 Å². The summed E-state index contributed by atoms with van der Waals surface area (Å²) in [4.78, 5) is 10.4. The van der Waals surface area contributed by atoms with E-state index >= 15 is 0 Å². The number of carboxylic acid groups (broad SMARTS) is 1.